The van der Waals surface area contributed by atoms with Crippen molar-refractivity contribution in [1.82, 2.24) is 4.98 Å². The van der Waals surface area contributed by atoms with E-state index in [1.54, 1.807) is 4.90 Å². The van der Waals surface area contributed by atoms with Crippen molar-refractivity contribution in [2.24, 2.45) is 0 Å². The molecule has 0 spiro atoms. The molecule has 0 bridgehead atoms. The number of carbonyl (C=O) groups excluding carboxylic acids is 1. The molecule has 4 rings (SSSR count). The van der Waals surface area contributed by atoms with Crippen LogP contribution in [0.3, 0.4) is 0 Å². The molecule has 1 saturated heterocycles. The van der Waals surface area contributed by atoms with Gasteiger partial charge in [0.1, 0.15) is 11.3 Å². The Morgan fingerprint density at radius 1 is 1.29 bits per heavy atom. The maximum atomic E-state index is 13.6. The second-order valence-electron chi connectivity index (χ2n) is 7.72. The molecule has 0 radical (unpaired) electrons. The number of hydrogen-bond donors (Lipinski definition) is 0. The molecule has 1 amide bonds. The zero-order valence-electron chi connectivity index (χ0n) is 17.7. The standard InChI is InChI=1S/C24H27ClN2O3S/c1-2-3-4-13-29-18-9-5-8-17(15-18)23(28)27(16-19-10-7-14-30-19)24-26-22-20(25)11-6-12-21(22)31-24/h5-6,8-9,11-12,15,19H,2-4,7,10,13-14,16H2,1H3. The predicted molar refractivity (Wildman–Crippen MR) is 127 cm³/mol. The fourth-order valence-corrected chi connectivity index (χ4v) is 4.95. The van der Waals surface area contributed by atoms with Crippen LogP contribution in [-0.4, -0.2) is 36.8 Å². The van der Waals surface area contributed by atoms with E-state index in [1.165, 1.54) is 11.3 Å². The molecule has 1 fully saturated rings. The van der Waals surface area contributed by atoms with Crippen molar-refractivity contribution in [2.45, 2.75) is 45.1 Å². The summed E-state index contributed by atoms with van der Waals surface area (Å²) in [5, 5.41) is 1.23. The molecule has 1 aromatic heterocycles. The van der Waals surface area contributed by atoms with Crippen molar-refractivity contribution >= 4 is 44.2 Å². The van der Waals surface area contributed by atoms with Crippen LogP contribution < -0.4 is 9.64 Å². The fourth-order valence-electron chi connectivity index (χ4n) is 3.68. The summed E-state index contributed by atoms with van der Waals surface area (Å²) in [4.78, 5) is 20.0. The number of carbonyl (C=O) groups is 1. The average molecular weight is 459 g/mol. The summed E-state index contributed by atoms with van der Waals surface area (Å²) in [6.07, 6.45) is 5.25. The number of unbranched alkanes of at least 4 members (excludes halogenated alkanes) is 2. The minimum atomic E-state index is -0.107. The third kappa shape index (κ3) is 5.37. The van der Waals surface area contributed by atoms with Crippen LogP contribution in [0.15, 0.2) is 42.5 Å². The predicted octanol–water partition coefficient (Wildman–Crippen LogP) is 6.34. The van der Waals surface area contributed by atoms with Crippen molar-refractivity contribution < 1.29 is 14.3 Å². The van der Waals surface area contributed by atoms with E-state index in [4.69, 9.17) is 26.1 Å². The molecule has 3 aromatic rings. The molecule has 1 atom stereocenters. The third-order valence-electron chi connectivity index (χ3n) is 5.34. The van der Waals surface area contributed by atoms with Crippen molar-refractivity contribution in [3.63, 3.8) is 0 Å². The first kappa shape index (κ1) is 22.1. The minimum absolute atomic E-state index is 0.0138. The third-order valence-corrected chi connectivity index (χ3v) is 6.69. The number of amides is 1. The molecule has 2 heterocycles. The number of benzene rings is 2. The van der Waals surface area contributed by atoms with E-state index in [1.807, 2.05) is 42.5 Å². The maximum Gasteiger partial charge on any atom is 0.260 e. The van der Waals surface area contributed by atoms with Gasteiger partial charge >= 0.3 is 0 Å². The number of rotatable bonds is 9. The molecular weight excluding hydrogens is 432 g/mol. The SMILES string of the molecule is CCCCCOc1cccc(C(=O)N(CC2CCCO2)c2nc3c(Cl)cccc3s2)c1. The number of thiazole rings is 1. The summed E-state index contributed by atoms with van der Waals surface area (Å²) in [7, 11) is 0. The van der Waals surface area contributed by atoms with Crippen LogP contribution in [0.2, 0.25) is 5.02 Å². The fraction of sp³-hybridized carbons (Fsp3) is 0.417. The molecule has 5 nitrogen and oxygen atoms in total. The molecule has 0 N–H and O–H groups in total. The Balaban J connectivity index is 1.60. The lowest BCUT2D eigenvalue weighted by molar-refractivity contribution is 0.0917. The van der Waals surface area contributed by atoms with E-state index in [2.05, 4.69) is 6.92 Å². The summed E-state index contributed by atoms with van der Waals surface area (Å²) in [6.45, 7) is 4.02. The summed E-state index contributed by atoms with van der Waals surface area (Å²) in [5.74, 6) is 0.607. The van der Waals surface area contributed by atoms with Gasteiger partial charge in [-0.2, -0.15) is 0 Å². The normalized spacial score (nSPS) is 16.0. The van der Waals surface area contributed by atoms with Gasteiger partial charge in [-0.1, -0.05) is 54.8 Å². The van der Waals surface area contributed by atoms with Crippen LogP contribution in [-0.2, 0) is 4.74 Å². The van der Waals surface area contributed by atoms with E-state index in [0.717, 1.165) is 48.9 Å². The number of hydrogen-bond acceptors (Lipinski definition) is 5. The quantitative estimate of drug-likeness (QED) is 0.351. The Morgan fingerprint density at radius 3 is 2.94 bits per heavy atom. The number of fused-ring (bicyclic) bond motifs is 1. The first-order valence-electron chi connectivity index (χ1n) is 10.9. The van der Waals surface area contributed by atoms with Crippen LogP contribution in [0.25, 0.3) is 10.2 Å². The van der Waals surface area contributed by atoms with Gasteiger partial charge in [0, 0.05) is 12.2 Å². The largest absolute Gasteiger partial charge is 0.494 e. The number of halogens is 1. The van der Waals surface area contributed by atoms with E-state index in [0.29, 0.717) is 34.6 Å². The molecular formula is C24H27ClN2O3S. The van der Waals surface area contributed by atoms with Gasteiger partial charge in [0.15, 0.2) is 5.13 Å². The highest BCUT2D eigenvalue weighted by Crippen LogP contribution is 2.34. The van der Waals surface area contributed by atoms with Gasteiger partial charge in [-0.3, -0.25) is 9.69 Å². The molecule has 7 heteroatoms. The van der Waals surface area contributed by atoms with Gasteiger partial charge in [-0.15, -0.1) is 0 Å². The van der Waals surface area contributed by atoms with Crippen molar-refractivity contribution in [1.29, 1.82) is 0 Å². The first-order chi connectivity index (χ1) is 15.2. The highest BCUT2D eigenvalue weighted by atomic mass is 35.5. The topological polar surface area (TPSA) is 51.7 Å². The number of para-hydroxylation sites is 1. The second kappa shape index (κ2) is 10.4. The molecule has 1 aliphatic heterocycles. The summed E-state index contributed by atoms with van der Waals surface area (Å²) in [6, 6.07) is 13.1. The van der Waals surface area contributed by atoms with Crippen LogP contribution in [0.1, 0.15) is 49.4 Å². The van der Waals surface area contributed by atoms with E-state index in [-0.39, 0.29) is 12.0 Å². The monoisotopic (exact) mass is 458 g/mol. The lowest BCUT2D eigenvalue weighted by Crippen LogP contribution is -2.37. The number of aromatic nitrogens is 1. The molecule has 164 valence electrons. The van der Waals surface area contributed by atoms with Gasteiger partial charge < -0.3 is 9.47 Å². The van der Waals surface area contributed by atoms with Crippen LogP contribution >= 0.6 is 22.9 Å². The lowest BCUT2D eigenvalue weighted by Gasteiger charge is -2.23. The summed E-state index contributed by atoms with van der Waals surface area (Å²) in [5.41, 5.74) is 1.30. The Hall–Kier alpha value is -2.15. The molecule has 1 unspecified atom stereocenters. The lowest BCUT2D eigenvalue weighted by atomic mass is 10.1. The van der Waals surface area contributed by atoms with Gasteiger partial charge in [-0.25, -0.2) is 4.98 Å². The second-order valence-corrected chi connectivity index (χ2v) is 9.13. The maximum absolute atomic E-state index is 13.6. The zero-order chi connectivity index (χ0) is 21.6. The number of anilines is 1. The van der Waals surface area contributed by atoms with Crippen molar-refractivity contribution in [2.75, 3.05) is 24.7 Å². The van der Waals surface area contributed by atoms with Crippen LogP contribution in [0, 0.1) is 0 Å². The van der Waals surface area contributed by atoms with Crippen LogP contribution in [0.4, 0.5) is 5.13 Å². The smallest absolute Gasteiger partial charge is 0.260 e. The van der Waals surface area contributed by atoms with Gasteiger partial charge in [0.05, 0.1) is 29.0 Å². The Kier molecular flexibility index (Phi) is 7.43. The molecule has 1 aliphatic rings. The molecule has 2 aromatic carbocycles. The van der Waals surface area contributed by atoms with Gasteiger partial charge in [0.25, 0.3) is 5.91 Å². The van der Waals surface area contributed by atoms with E-state index in [9.17, 15) is 4.79 Å². The number of nitrogens with zero attached hydrogens (tertiary/aromatic N) is 2. The average Bonchev–Trinajstić information content (AvgIpc) is 3.45. The van der Waals surface area contributed by atoms with Crippen LogP contribution in [0.5, 0.6) is 5.75 Å². The minimum Gasteiger partial charge on any atom is -0.494 e. The van der Waals surface area contributed by atoms with E-state index < -0.39 is 0 Å². The number of ether oxygens (including phenoxy) is 2. The van der Waals surface area contributed by atoms with Gasteiger partial charge in [0.2, 0.25) is 0 Å². The molecule has 31 heavy (non-hydrogen) atoms. The molecule has 0 aliphatic carbocycles. The highest BCUT2D eigenvalue weighted by molar-refractivity contribution is 7.22. The highest BCUT2D eigenvalue weighted by Gasteiger charge is 2.27. The summed E-state index contributed by atoms with van der Waals surface area (Å²) >= 11 is 7.81. The van der Waals surface area contributed by atoms with E-state index >= 15 is 0 Å². The van der Waals surface area contributed by atoms with Gasteiger partial charge in [-0.05, 0) is 49.6 Å². The van der Waals surface area contributed by atoms with Crippen molar-refractivity contribution in [3.05, 3.63) is 53.1 Å². The Morgan fingerprint density at radius 2 is 2.16 bits per heavy atom. The molecule has 0 saturated carbocycles. The zero-order valence-corrected chi connectivity index (χ0v) is 19.3. The summed E-state index contributed by atoms with van der Waals surface area (Å²) < 4.78 is 12.6. The first-order valence-corrected chi connectivity index (χ1v) is 12.1. The Bertz CT molecular complexity index is 1030. The van der Waals surface area contributed by atoms with Crippen molar-refractivity contribution in [3.8, 4) is 5.75 Å². The Labute approximate surface area is 191 Å².